The molecule has 43 heavy (non-hydrogen) atoms. The Labute approximate surface area is 260 Å². The molecule has 6 heteroatoms. The Kier molecular flexibility index (Phi) is 7.82. The van der Waals surface area contributed by atoms with Crippen LogP contribution in [-0.4, -0.2) is 34.1 Å². The van der Waals surface area contributed by atoms with Crippen LogP contribution in [0.15, 0.2) is 12.2 Å². The Morgan fingerprint density at radius 3 is 2.09 bits per heavy atom. The number of nitrogens with one attached hydrogen (secondary N) is 1. The molecule has 0 spiro atoms. The molecule has 0 aromatic heterocycles. The number of rotatable bonds is 7. The maximum absolute atomic E-state index is 13.2. The van der Waals surface area contributed by atoms with Gasteiger partial charge in [0, 0.05) is 12.5 Å². The van der Waals surface area contributed by atoms with Gasteiger partial charge >= 0.3 is 11.9 Å². The smallest absolute Gasteiger partial charge is 0.309 e. The monoisotopic (exact) mass is 597 g/mol. The zero-order chi connectivity index (χ0) is 32.0. The number of carboxylic acid groups (broad SMARTS) is 2. The molecule has 5 rings (SSSR count). The standard InChI is InChI=1S/C37H59NO5/c1-22(2)23-12-17-37(31(42)43)19-18-35(8)24(30(23)37)10-11-26-34(7)15-14-27(33(5,6)25(34)13-16-36(26,35)9)38-28(39)20-32(3,4)21-29(40)41/h23-27,30H,1,10-21H2,2-9H3,(H,38,39)(H,40,41)(H,42,43)/t23-,24?,25?,26?,27-,30?,34-,35+,36+,37-/m0/s1. The van der Waals surface area contributed by atoms with Gasteiger partial charge in [0.05, 0.1) is 11.8 Å². The van der Waals surface area contributed by atoms with Crippen LogP contribution in [0.1, 0.15) is 132 Å². The van der Waals surface area contributed by atoms with Gasteiger partial charge < -0.3 is 15.5 Å². The van der Waals surface area contributed by atoms with Crippen molar-refractivity contribution in [2.24, 2.45) is 62.1 Å². The summed E-state index contributed by atoms with van der Waals surface area (Å²) in [6.07, 6.45) is 10.4. The van der Waals surface area contributed by atoms with Gasteiger partial charge in [0.15, 0.2) is 0 Å². The Bertz CT molecular complexity index is 1190. The van der Waals surface area contributed by atoms with Crippen LogP contribution in [-0.2, 0) is 14.4 Å². The van der Waals surface area contributed by atoms with Crippen molar-refractivity contribution in [3.63, 3.8) is 0 Å². The summed E-state index contributed by atoms with van der Waals surface area (Å²) in [5.41, 5.74) is 0.366. The summed E-state index contributed by atoms with van der Waals surface area (Å²) in [5, 5.41) is 23.3. The summed E-state index contributed by atoms with van der Waals surface area (Å²) in [6, 6.07) is 0.0793. The summed E-state index contributed by atoms with van der Waals surface area (Å²) in [5.74, 6) is 0.515. The number of carbonyl (C=O) groups excluding carboxylic acids is 1. The van der Waals surface area contributed by atoms with Crippen LogP contribution in [0.3, 0.4) is 0 Å². The van der Waals surface area contributed by atoms with Gasteiger partial charge in [-0.2, -0.15) is 0 Å². The summed E-state index contributed by atoms with van der Waals surface area (Å²) in [6.45, 7) is 22.6. The topological polar surface area (TPSA) is 104 Å². The fourth-order valence-electron chi connectivity index (χ4n) is 12.9. The van der Waals surface area contributed by atoms with Crippen LogP contribution < -0.4 is 5.32 Å². The lowest BCUT2D eigenvalue weighted by Crippen LogP contribution is -2.68. The highest BCUT2D eigenvalue weighted by Crippen LogP contribution is 2.77. The maximum atomic E-state index is 13.2. The van der Waals surface area contributed by atoms with Crippen molar-refractivity contribution in [2.75, 3.05) is 0 Å². The van der Waals surface area contributed by atoms with E-state index in [4.69, 9.17) is 0 Å². The zero-order valence-electron chi connectivity index (χ0n) is 28.3. The second-order valence-electron chi connectivity index (χ2n) is 18.0. The molecule has 0 bridgehead atoms. The van der Waals surface area contributed by atoms with E-state index in [-0.39, 0.29) is 52.4 Å². The average molecular weight is 598 g/mol. The minimum atomic E-state index is -0.866. The number of hydrogen-bond donors (Lipinski definition) is 3. The molecule has 0 radical (unpaired) electrons. The quantitative estimate of drug-likeness (QED) is 0.257. The number of aliphatic carboxylic acids is 2. The molecule has 3 N–H and O–H groups in total. The second-order valence-corrected chi connectivity index (χ2v) is 18.0. The van der Waals surface area contributed by atoms with Crippen LogP contribution in [0.2, 0.25) is 0 Å². The van der Waals surface area contributed by atoms with Crippen molar-refractivity contribution in [1.82, 2.24) is 5.32 Å². The average Bonchev–Trinajstić information content (AvgIpc) is 3.26. The lowest BCUT2D eigenvalue weighted by atomic mass is 9.32. The van der Waals surface area contributed by atoms with Crippen molar-refractivity contribution < 1.29 is 24.6 Å². The van der Waals surface area contributed by atoms with Crippen LogP contribution in [0, 0.1) is 62.1 Å². The van der Waals surface area contributed by atoms with Gasteiger partial charge in [-0.25, -0.2) is 0 Å². The van der Waals surface area contributed by atoms with Gasteiger partial charge in [-0.05, 0) is 128 Å². The summed E-state index contributed by atoms with van der Waals surface area (Å²) in [7, 11) is 0. The summed E-state index contributed by atoms with van der Waals surface area (Å²) >= 11 is 0. The van der Waals surface area contributed by atoms with E-state index in [0.29, 0.717) is 23.7 Å². The van der Waals surface area contributed by atoms with Gasteiger partial charge in [-0.3, -0.25) is 14.4 Å². The number of amides is 1. The number of allylic oxidation sites excluding steroid dienone is 1. The summed E-state index contributed by atoms with van der Waals surface area (Å²) in [4.78, 5) is 37.4. The van der Waals surface area contributed by atoms with Gasteiger partial charge in [0.25, 0.3) is 0 Å². The fraction of sp³-hybridized carbons (Fsp3) is 0.865. The van der Waals surface area contributed by atoms with Crippen LogP contribution in [0.25, 0.3) is 0 Å². The van der Waals surface area contributed by atoms with E-state index >= 15 is 0 Å². The summed E-state index contributed by atoms with van der Waals surface area (Å²) < 4.78 is 0. The predicted octanol–water partition coefficient (Wildman–Crippen LogP) is 8.10. The van der Waals surface area contributed by atoms with E-state index in [2.05, 4.69) is 53.4 Å². The van der Waals surface area contributed by atoms with E-state index in [1.807, 2.05) is 13.8 Å². The fourth-order valence-corrected chi connectivity index (χ4v) is 12.9. The number of hydrogen-bond acceptors (Lipinski definition) is 3. The molecule has 0 heterocycles. The van der Waals surface area contributed by atoms with Crippen molar-refractivity contribution in [3.05, 3.63) is 12.2 Å². The number of carbonyl (C=O) groups is 3. The third-order valence-electron chi connectivity index (χ3n) is 15.1. The van der Waals surface area contributed by atoms with E-state index in [0.717, 1.165) is 64.2 Å². The van der Waals surface area contributed by atoms with Crippen LogP contribution in [0.5, 0.6) is 0 Å². The lowest BCUT2D eigenvalue weighted by molar-refractivity contribution is -0.240. The molecule has 6 nitrogen and oxygen atoms in total. The van der Waals surface area contributed by atoms with Gasteiger partial charge in [0.1, 0.15) is 0 Å². The third kappa shape index (κ3) is 4.73. The molecular weight excluding hydrogens is 538 g/mol. The second kappa shape index (κ2) is 10.3. The highest BCUT2D eigenvalue weighted by Gasteiger charge is 2.72. The molecule has 0 saturated heterocycles. The largest absolute Gasteiger partial charge is 0.481 e. The molecule has 5 saturated carbocycles. The van der Waals surface area contributed by atoms with Crippen LogP contribution in [0.4, 0.5) is 0 Å². The Morgan fingerprint density at radius 1 is 0.814 bits per heavy atom. The van der Waals surface area contributed by atoms with Crippen molar-refractivity contribution in [2.45, 2.75) is 138 Å². The van der Waals surface area contributed by atoms with Crippen molar-refractivity contribution in [3.8, 4) is 0 Å². The van der Waals surface area contributed by atoms with Gasteiger partial charge in [-0.1, -0.05) is 60.6 Å². The highest BCUT2D eigenvalue weighted by molar-refractivity contribution is 5.78. The third-order valence-corrected chi connectivity index (χ3v) is 15.1. The van der Waals surface area contributed by atoms with Gasteiger partial charge in [-0.15, -0.1) is 0 Å². The van der Waals surface area contributed by atoms with Crippen molar-refractivity contribution >= 4 is 17.8 Å². The Balaban J connectivity index is 1.40. The minimum Gasteiger partial charge on any atom is -0.481 e. The maximum Gasteiger partial charge on any atom is 0.309 e. The normalized spacial score (nSPS) is 45.1. The molecule has 0 aromatic carbocycles. The molecule has 4 unspecified atom stereocenters. The SMILES string of the molecule is C=C(C)[C@@H]1CC[C@]2(C(=O)O)CC[C@]3(C)C(CCC4[C@@]5(C)CC[C@H](NC(=O)CC(C)(C)CC(=O)O)C(C)(C)C5CC[C@]43C)C12. The molecule has 0 aliphatic heterocycles. The first-order valence-electron chi connectivity index (χ1n) is 17.2. The molecule has 5 fully saturated rings. The molecule has 242 valence electrons. The Hall–Kier alpha value is -1.85. The first-order valence-corrected chi connectivity index (χ1v) is 17.2. The van der Waals surface area contributed by atoms with Gasteiger partial charge in [0.2, 0.25) is 5.91 Å². The van der Waals surface area contributed by atoms with E-state index in [1.54, 1.807) is 0 Å². The minimum absolute atomic E-state index is 0.0171. The molecule has 5 aliphatic carbocycles. The molecule has 5 aliphatic rings. The van der Waals surface area contributed by atoms with Crippen LogP contribution >= 0.6 is 0 Å². The molecule has 1 amide bonds. The molecule has 0 aromatic rings. The highest BCUT2D eigenvalue weighted by atomic mass is 16.4. The van der Waals surface area contributed by atoms with E-state index in [9.17, 15) is 24.6 Å². The predicted molar refractivity (Wildman–Crippen MR) is 169 cm³/mol. The first-order chi connectivity index (χ1) is 19.7. The van der Waals surface area contributed by atoms with E-state index in [1.165, 1.54) is 5.57 Å². The number of carboxylic acids is 2. The molecular formula is C37H59NO5. The number of fused-ring (bicyclic) bond motifs is 7. The zero-order valence-corrected chi connectivity index (χ0v) is 28.3. The molecule has 10 atom stereocenters. The Morgan fingerprint density at radius 2 is 1.49 bits per heavy atom. The van der Waals surface area contributed by atoms with E-state index < -0.39 is 22.8 Å². The first kappa shape index (κ1) is 32.5. The lowest BCUT2D eigenvalue weighted by Gasteiger charge is -2.73. The van der Waals surface area contributed by atoms with Crippen molar-refractivity contribution in [1.29, 1.82) is 0 Å².